The van der Waals surface area contributed by atoms with Crippen LogP contribution in [0.25, 0.3) is 11.3 Å². The van der Waals surface area contributed by atoms with Crippen LogP contribution in [-0.4, -0.2) is 39.6 Å². The highest BCUT2D eigenvalue weighted by Crippen LogP contribution is 2.37. The molecule has 1 heterocycles. The molecule has 1 aliphatic rings. The predicted molar refractivity (Wildman–Crippen MR) is 133 cm³/mol. The van der Waals surface area contributed by atoms with E-state index in [0.717, 1.165) is 18.4 Å². The number of ether oxygens (including phenoxy) is 1. The van der Waals surface area contributed by atoms with Crippen molar-refractivity contribution in [3.05, 3.63) is 35.0 Å². The van der Waals surface area contributed by atoms with Gasteiger partial charge in [-0.05, 0) is 75.0 Å². The average Bonchev–Trinajstić information content (AvgIpc) is 3.09. The van der Waals surface area contributed by atoms with Crippen molar-refractivity contribution in [3.8, 4) is 17.0 Å². The van der Waals surface area contributed by atoms with Crippen LogP contribution >= 0.6 is 0 Å². The number of nitrogens with zero attached hydrogens (tertiary/aromatic N) is 2. The van der Waals surface area contributed by atoms with E-state index in [1.807, 2.05) is 13.0 Å². The summed E-state index contributed by atoms with van der Waals surface area (Å²) in [7, 11) is 0. The van der Waals surface area contributed by atoms with Crippen molar-refractivity contribution in [2.24, 2.45) is 11.3 Å². The van der Waals surface area contributed by atoms with Gasteiger partial charge >= 0.3 is 6.61 Å². The molecule has 1 saturated carbocycles. The molecule has 1 aliphatic carbocycles. The number of hydrogen-bond donors (Lipinski definition) is 2. The SMILES string of the molecule is CCn1nc(C(=O)NCC2(O)CCC(C)CC2)c(C)c1-c1ccc(CC(C)(C)C)cc1OC(F)F. The minimum Gasteiger partial charge on any atom is -0.434 e. The number of carbonyl (C=O) groups excluding carboxylic acids is 1. The van der Waals surface area contributed by atoms with Gasteiger partial charge in [0, 0.05) is 24.2 Å². The number of aromatic nitrogens is 2. The predicted octanol–water partition coefficient (Wildman–Crippen LogP) is 5.74. The van der Waals surface area contributed by atoms with E-state index in [4.69, 9.17) is 4.74 Å². The summed E-state index contributed by atoms with van der Waals surface area (Å²) in [6, 6.07) is 5.33. The molecule has 2 aromatic rings. The van der Waals surface area contributed by atoms with E-state index in [1.165, 1.54) is 0 Å². The van der Waals surface area contributed by atoms with Gasteiger partial charge in [0.05, 0.1) is 11.3 Å². The van der Waals surface area contributed by atoms with Gasteiger partial charge in [-0.15, -0.1) is 0 Å². The van der Waals surface area contributed by atoms with Crippen LogP contribution in [0.15, 0.2) is 18.2 Å². The molecule has 1 aromatic carbocycles. The van der Waals surface area contributed by atoms with Crippen LogP contribution in [0.3, 0.4) is 0 Å². The van der Waals surface area contributed by atoms with Gasteiger partial charge in [0.25, 0.3) is 5.91 Å². The lowest BCUT2D eigenvalue weighted by molar-refractivity contribution is -0.0495. The summed E-state index contributed by atoms with van der Waals surface area (Å²) in [6.07, 6.45) is 3.86. The van der Waals surface area contributed by atoms with Gasteiger partial charge in [0.15, 0.2) is 5.69 Å². The Morgan fingerprint density at radius 1 is 1.31 bits per heavy atom. The van der Waals surface area contributed by atoms with E-state index in [2.05, 4.69) is 38.1 Å². The van der Waals surface area contributed by atoms with E-state index in [1.54, 1.807) is 23.7 Å². The van der Waals surface area contributed by atoms with Crippen molar-refractivity contribution < 1.29 is 23.4 Å². The van der Waals surface area contributed by atoms with E-state index >= 15 is 0 Å². The first-order chi connectivity index (χ1) is 16.3. The van der Waals surface area contributed by atoms with Gasteiger partial charge in [0.2, 0.25) is 0 Å². The maximum absolute atomic E-state index is 13.3. The number of nitrogens with one attached hydrogen (secondary N) is 1. The number of hydrogen-bond acceptors (Lipinski definition) is 4. The molecule has 194 valence electrons. The Labute approximate surface area is 207 Å². The Kier molecular flexibility index (Phi) is 8.25. The highest BCUT2D eigenvalue weighted by molar-refractivity contribution is 5.95. The molecular weight excluding hydrogens is 452 g/mol. The molecule has 6 nitrogen and oxygen atoms in total. The number of carbonyl (C=O) groups is 1. The number of rotatable bonds is 8. The maximum Gasteiger partial charge on any atom is 0.387 e. The smallest absolute Gasteiger partial charge is 0.387 e. The topological polar surface area (TPSA) is 76.4 Å². The lowest BCUT2D eigenvalue weighted by atomic mass is 9.79. The van der Waals surface area contributed by atoms with E-state index < -0.39 is 12.2 Å². The van der Waals surface area contributed by atoms with Gasteiger partial charge in [-0.2, -0.15) is 13.9 Å². The summed E-state index contributed by atoms with van der Waals surface area (Å²) in [5.74, 6) is 0.260. The lowest BCUT2D eigenvalue weighted by Gasteiger charge is -2.34. The fourth-order valence-electron chi connectivity index (χ4n) is 4.82. The first kappa shape index (κ1) is 27.1. The standard InChI is InChI=1S/C27H39F2N3O3/c1-7-32-23(20-9-8-19(15-26(4,5)6)14-21(20)35-25(28)29)18(3)22(31-32)24(33)30-16-27(34)12-10-17(2)11-13-27/h8-9,14,17,25,34H,7,10-13,15-16H2,1-6H3,(H,30,33). The van der Waals surface area contributed by atoms with Crippen molar-refractivity contribution in [3.63, 3.8) is 0 Å². The molecule has 0 aliphatic heterocycles. The van der Waals surface area contributed by atoms with E-state index in [9.17, 15) is 18.7 Å². The highest BCUT2D eigenvalue weighted by Gasteiger charge is 2.33. The average molecular weight is 492 g/mol. The monoisotopic (exact) mass is 491 g/mol. The summed E-state index contributed by atoms with van der Waals surface area (Å²) >= 11 is 0. The van der Waals surface area contributed by atoms with Crippen LogP contribution in [-0.2, 0) is 13.0 Å². The largest absolute Gasteiger partial charge is 0.434 e. The number of alkyl halides is 2. The maximum atomic E-state index is 13.3. The van der Waals surface area contributed by atoms with Crippen molar-refractivity contribution in [2.45, 2.75) is 92.4 Å². The summed E-state index contributed by atoms with van der Waals surface area (Å²) in [6.45, 7) is 9.69. The molecule has 0 unspecified atom stereocenters. The summed E-state index contributed by atoms with van der Waals surface area (Å²) in [5, 5.41) is 18.2. The van der Waals surface area contributed by atoms with Crippen LogP contribution in [0.2, 0.25) is 0 Å². The van der Waals surface area contributed by atoms with Crippen LogP contribution < -0.4 is 10.1 Å². The van der Waals surface area contributed by atoms with Crippen LogP contribution in [0.4, 0.5) is 8.78 Å². The van der Waals surface area contributed by atoms with E-state index in [0.29, 0.717) is 48.5 Å². The summed E-state index contributed by atoms with van der Waals surface area (Å²) < 4.78 is 33.2. The quantitative estimate of drug-likeness (QED) is 0.494. The van der Waals surface area contributed by atoms with Crippen LogP contribution in [0.5, 0.6) is 5.75 Å². The molecule has 0 radical (unpaired) electrons. The normalized spacial score (nSPS) is 20.8. The highest BCUT2D eigenvalue weighted by atomic mass is 19.3. The van der Waals surface area contributed by atoms with Crippen LogP contribution in [0, 0.1) is 18.3 Å². The van der Waals surface area contributed by atoms with Gasteiger partial charge in [-0.1, -0.05) is 33.8 Å². The Morgan fingerprint density at radius 3 is 2.54 bits per heavy atom. The molecule has 0 atom stereocenters. The molecule has 1 amide bonds. The number of aryl methyl sites for hydroxylation is 1. The van der Waals surface area contributed by atoms with E-state index in [-0.39, 0.29) is 29.3 Å². The zero-order valence-corrected chi connectivity index (χ0v) is 21.8. The van der Waals surface area contributed by atoms with Crippen molar-refractivity contribution >= 4 is 5.91 Å². The molecule has 0 spiro atoms. The van der Waals surface area contributed by atoms with Gasteiger partial charge in [-0.25, -0.2) is 0 Å². The second-order valence-corrected chi connectivity index (χ2v) is 11.2. The Bertz CT molecular complexity index is 1040. The zero-order chi connectivity index (χ0) is 26.0. The number of aliphatic hydroxyl groups is 1. The number of halogens is 2. The Morgan fingerprint density at radius 2 is 1.97 bits per heavy atom. The molecule has 35 heavy (non-hydrogen) atoms. The summed E-state index contributed by atoms with van der Waals surface area (Å²) in [4.78, 5) is 13.1. The Hall–Kier alpha value is -2.48. The first-order valence-electron chi connectivity index (χ1n) is 12.5. The second kappa shape index (κ2) is 10.6. The number of benzene rings is 1. The van der Waals surface area contributed by atoms with Crippen molar-refractivity contribution in [1.82, 2.24) is 15.1 Å². The molecular formula is C27H39F2N3O3. The van der Waals surface area contributed by atoms with Gasteiger partial charge in [-0.3, -0.25) is 9.48 Å². The third kappa shape index (κ3) is 6.81. The molecule has 3 rings (SSSR count). The minimum atomic E-state index is -2.97. The fourth-order valence-corrected chi connectivity index (χ4v) is 4.82. The third-order valence-electron chi connectivity index (χ3n) is 6.74. The molecule has 8 heteroatoms. The minimum absolute atomic E-state index is 0.0174. The van der Waals surface area contributed by atoms with Crippen molar-refractivity contribution in [2.75, 3.05) is 6.54 Å². The first-order valence-corrected chi connectivity index (χ1v) is 12.5. The van der Waals surface area contributed by atoms with Crippen LogP contribution in [0.1, 0.15) is 81.9 Å². The zero-order valence-electron chi connectivity index (χ0n) is 21.8. The number of amides is 1. The van der Waals surface area contributed by atoms with Crippen molar-refractivity contribution in [1.29, 1.82) is 0 Å². The van der Waals surface area contributed by atoms with Gasteiger partial charge < -0.3 is 15.2 Å². The fraction of sp³-hybridized carbons (Fsp3) is 0.630. The molecule has 1 aromatic heterocycles. The van der Waals surface area contributed by atoms with Gasteiger partial charge in [0.1, 0.15) is 5.75 Å². The second-order valence-electron chi connectivity index (χ2n) is 11.2. The summed E-state index contributed by atoms with van der Waals surface area (Å²) in [5.41, 5.74) is 1.80. The third-order valence-corrected chi connectivity index (χ3v) is 6.74. The molecule has 2 N–H and O–H groups in total. The lowest BCUT2D eigenvalue weighted by Crippen LogP contribution is -2.45. The molecule has 1 fully saturated rings. The molecule has 0 bridgehead atoms. The molecule has 0 saturated heterocycles. The Balaban J connectivity index is 1.91.